The summed E-state index contributed by atoms with van der Waals surface area (Å²) in [5, 5.41) is 22.9. The summed E-state index contributed by atoms with van der Waals surface area (Å²) in [7, 11) is 0. The third-order valence-corrected chi connectivity index (χ3v) is 3.47. The zero-order valence-corrected chi connectivity index (χ0v) is 11.5. The molecular weight excluding hydrogens is 318 g/mol. The number of amides is 1. The Morgan fingerprint density at radius 1 is 1.58 bits per heavy atom. The van der Waals surface area contributed by atoms with Gasteiger partial charge in [-0.05, 0) is 18.6 Å². The lowest BCUT2D eigenvalue weighted by atomic mass is 10.2. The molecule has 0 aliphatic carbocycles. The minimum atomic E-state index is -0.963. The van der Waals surface area contributed by atoms with Crippen LogP contribution in [0.2, 0.25) is 0 Å². The lowest BCUT2D eigenvalue weighted by molar-refractivity contribution is -0.384. The minimum absolute atomic E-state index is 0.0249. The fraction of sp³-hybridized carbons (Fsp3) is 0.364. The van der Waals surface area contributed by atoms with Crippen LogP contribution >= 0.6 is 15.9 Å². The van der Waals surface area contributed by atoms with Crippen LogP contribution < -0.4 is 5.32 Å². The summed E-state index contributed by atoms with van der Waals surface area (Å²) in [6.45, 7) is 0.778. The van der Waals surface area contributed by atoms with E-state index in [4.69, 9.17) is 5.11 Å². The predicted octanol–water partition coefficient (Wildman–Crippen LogP) is 2.52. The van der Waals surface area contributed by atoms with Crippen LogP contribution in [0.15, 0.2) is 22.7 Å². The molecule has 19 heavy (non-hydrogen) atoms. The standard InChI is InChI=1S/C11H12BrN3O4/c12-7-1-2-9(10(5-7)15(18)19)13-8-3-4-14(6-8)11(16)17/h1-2,5,8,13H,3-4,6H2,(H,16,17). The molecule has 1 fully saturated rings. The zero-order valence-electron chi connectivity index (χ0n) is 9.88. The van der Waals surface area contributed by atoms with Crippen LogP contribution in [0.1, 0.15) is 6.42 Å². The quantitative estimate of drug-likeness (QED) is 0.656. The molecule has 2 N–H and O–H groups in total. The van der Waals surface area contributed by atoms with E-state index in [0.717, 1.165) is 0 Å². The number of nitrogens with one attached hydrogen (secondary N) is 1. The molecule has 2 rings (SSSR count). The highest BCUT2D eigenvalue weighted by molar-refractivity contribution is 9.10. The molecule has 0 spiro atoms. The average molecular weight is 330 g/mol. The number of carboxylic acid groups (broad SMARTS) is 1. The van der Waals surface area contributed by atoms with Gasteiger partial charge in [0.2, 0.25) is 0 Å². The van der Waals surface area contributed by atoms with Gasteiger partial charge in [-0.3, -0.25) is 10.1 Å². The number of benzene rings is 1. The molecule has 8 heteroatoms. The van der Waals surface area contributed by atoms with Gasteiger partial charge in [0, 0.05) is 29.7 Å². The van der Waals surface area contributed by atoms with Crippen LogP contribution in [0.25, 0.3) is 0 Å². The third kappa shape index (κ3) is 3.14. The van der Waals surface area contributed by atoms with Gasteiger partial charge in [0.1, 0.15) is 5.69 Å². The molecule has 102 valence electrons. The van der Waals surface area contributed by atoms with E-state index in [1.165, 1.54) is 11.0 Å². The van der Waals surface area contributed by atoms with E-state index in [2.05, 4.69) is 21.2 Å². The van der Waals surface area contributed by atoms with Crippen molar-refractivity contribution in [2.45, 2.75) is 12.5 Å². The molecule has 7 nitrogen and oxygen atoms in total. The Hall–Kier alpha value is -1.83. The number of hydrogen-bond acceptors (Lipinski definition) is 4. The first-order valence-corrected chi connectivity index (χ1v) is 6.45. The van der Waals surface area contributed by atoms with Crippen LogP contribution in [0.4, 0.5) is 16.2 Å². The van der Waals surface area contributed by atoms with Gasteiger partial charge in [-0.1, -0.05) is 15.9 Å². The summed E-state index contributed by atoms with van der Waals surface area (Å²) >= 11 is 3.19. The van der Waals surface area contributed by atoms with Crippen molar-refractivity contribution >= 4 is 33.4 Å². The SMILES string of the molecule is O=C(O)N1CCC(Nc2ccc(Br)cc2[N+](=O)[O-])C1. The van der Waals surface area contributed by atoms with Gasteiger partial charge >= 0.3 is 6.09 Å². The fourth-order valence-electron chi connectivity index (χ4n) is 2.05. The maximum atomic E-state index is 11.0. The first kappa shape index (κ1) is 13.6. The van der Waals surface area contributed by atoms with Crippen molar-refractivity contribution in [3.63, 3.8) is 0 Å². The highest BCUT2D eigenvalue weighted by Crippen LogP contribution is 2.29. The summed E-state index contributed by atoms with van der Waals surface area (Å²) in [5.74, 6) is 0. The van der Waals surface area contributed by atoms with E-state index in [0.29, 0.717) is 29.7 Å². The Morgan fingerprint density at radius 3 is 2.89 bits per heavy atom. The van der Waals surface area contributed by atoms with Crippen molar-refractivity contribution in [1.82, 2.24) is 4.90 Å². The van der Waals surface area contributed by atoms with Crippen LogP contribution in [-0.4, -0.2) is 40.2 Å². The maximum Gasteiger partial charge on any atom is 0.407 e. The largest absolute Gasteiger partial charge is 0.465 e. The highest BCUT2D eigenvalue weighted by Gasteiger charge is 2.27. The molecule has 0 radical (unpaired) electrons. The lowest BCUT2D eigenvalue weighted by Gasteiger charge is -2.15. The van der Waals surface area contributed by atoms with Gasteiger partial charge in [-0.2, -0.15) is 0 Å². The number of nitrogens with zero attached hydrogens (tertiary/aromatic N) is 2. The van der Waals surface area contributed by atoms with E-state index < -0.39 is 11.0 Å². The molecular formula is C11H12BrN3O4. The molecule has 0 saturated carbocycles. The molecule has 0 bridgehead atoms. The molecule has 0 aromatic heterocycles. The summed E-state index contributed by atoms with van der Waals surface area (Å²) in [5.41, 5.74) is 0.383. The topological polar surface area (TPSA) is 95.7 Å². The number of likely N-dealkylation sites (tertiary alicyclic amines) is 1. The molecule has 1 aromatic rings. The number of hydrogen-bond donors (Lipinski definition) is 2. The van der Waals surface area contributed by atoms with Crippen LogP contribution in [0.3, 0.4) is 0 Å². The van der Waals surface area contributed by atoms with Crippen molar-refractivity contribution in [1.29, 1.82) is 0 Å². The molecule has 1 amide bonds. The van der Waals surface area contributed by atoms with E-state index >= 15 is 0 Å². The van der Waals surface area contributed by atoms with Gasteiger partial charge in [0.05, 0.1) is 4.92 Å². The van der Waals surface area contributed by atoms with E-state index in [9.17, 15) is 14.9 Å². The molecule has 1 aromatic carbocycles. The Morgan fingerprint density at radius 2 is 2.32 bits per heavy atom. The summed E-state index contributed by atoms with van der Waals surface area (Å²) in [6.07, 6.45) is -0.325. The van der Waals surface area contributed by atoms with E-state index in [1.54, 1.807) is 12.1 Å². The van der Waals surface area contributed by atoms with Crippen molar-refractivity contribution in [2.75, 3.05) is 18.4 Å². The Labute approximate surface area is 117 Å². The van der Waals surface area contributed by atoms with Crippen LogP contribution in [0, 0.1) is 10.1 Å². The Balaban J connectivity index is 2.12. The second-order valence-corrected chi connectivity index (χ2v) is 5.19. The first-order chi connectivity index (χ1) is 8.97. The fourth-order valence-corrected chi connectivity index (χ4v) is 2.40. The predicted molar refractivity (Wildman–Crippen MR) is 72.4 cm³/mol. The number of nitro groups is 1. The number of rotatable bonds is 3. The van der Waals surface area contributed by atoms with Gasteiger partial charge in [-0.15, -0.1) is 0 Å². The van der Waals surface area contributed by atoms with Gasteiger partial charge in [0.25, 0.3) is 5.69 Å². The number of carbonyl (C=O) groups is 1. The van der Waals surface area contributed by atoms with Crippen molar-refractivity contribution in [2.24, 2.45) is 0 Å². The molecule has 1 heterocycles. The van der Waals surface area contributed by atoms with Gasteiger partial charge in [-0.25, -0.2) is 4.79 Å². The second kappa shape index (κ2) is 5.43. The van der Waals surface area contributed by atoms with E-state index in [1.807, 2.05) is 0 Å². The molecule has 1 atom stereocenters. The Kier molecular flexibility index (Phi) is 3.89. The smallest absolute Gasteiger partial charge is 0.407 e. The second-order valence-electron chi connectivity index (χ2n) is 4.28. The number of anilines is 1. The lowest BCUT2D eigenvalue weighted by Crippen LogP contribution is -2.30. The minimum Gasteiger partial charge on any atom is -0.465 e. The number of halogens is 1. The van der Waals surface area contributed by atoms with Gasteiger partial charge < -0.3 is 15.3 Å². The molecule has 1 saturated heterocycles. The maximum absolute atomic E-state index is 11.0. The number of nitro benzene ring substituents is 1. The summed E-state index contributed by atoms with van der Waals surface area (Å²) in [6, 6.07) is 4.65. The van der Waals surface area contributed by atoms with Crippen molar-refractivity contribution in [3.05, 3.63) is 32.8 Å². The molecule has 1 aliphatic rings. The Bertz CT molecular complexity index is 523. The van der Waals surface area contributed by atoms with Gasteiger partial charge in [0.15, 0.2) is 0 Å². The van der Waals surface area contributed by atoms with Crippen LogP contribution in [0.5, 0.6) is 0 Å². The molecule has 1 unspecified atom stereocenters. The molecule has 1 aliphatic heterocycles. The first-order valence-electron chi connectivity index (χ1n) is 5.65. The highest BCUT2D eigenvalue weighted by atomic mass is 79.9. The summed E-state index contributed by atoms with van der Waals surface area (Å²) in [4.78, 5) is 22.6. The van der Waals surface area contributed by atoms with E-state index in [-0.39, 0.29) is 11.7 Å². The van der Waals surface area contributed by atoms with Crippen molar-refractivity contribution < 1.29 is 14.8 Å². The monoisotopic (exact) mass is 329 g/mol. The zero-order chi connectivity index (χ0) is 14.0. The summed E-state index contributed by atoms with van der Waals surface area (Å²) < 4.78 is 0.628. The average Bonchev–Trinajstić information content (AvgIpc) is 2.80. The third-order valence-electron chi connectivity index (χ3n) is 2.97. The van der Waals surface area contributed by atoms with Crippen LogP contribution in [-0.2, 0) is 0 Å². The van der Waals surface area contributed by atoms with Crippen molar-refractivity contribution in [3.8, 4) is 0 Å². The normalized spacial score (nSPS) is 18.4.